The van der Waals surface area contributed by atoms with Gasteiger partial charge >= 0.3 is 29.6 Å². The van der Waals surface area contributed by atoms with Gasteiger partial charge in [-0.25, -0.2) is 16.8 Å². The van der Waals surface area contributed by atoms with Crippen molar-refractivity contribution < 1.29 is 51.2 Å². The quantitative estimate of drug-likeness (QED) is 0.503. The SMILES string of the molecule is C=C(C)C(=O)Nc1cccc(S(=O)(=O)[N-]S(C)(=O)=O)c1.[Na+]. The third kappa shape index (κ3) is 6.72. The number of anilines is 1. The predicted octanol–water partition coefficient (Wildman–Crippen LogP) is -1.77. The Bertz CT molecular complexity index is 757. The van der Waals surface area contributed by atoms with Crippen LogP contribution in [0.3, 0.4) is 0 Å². The van der Waals surface area contributed by atoms with Gasteiger partial charge < -0.3 is 9.44 Å². The van der Waals surface area contributed by atoms with Crippen LogP contribution in [0.2, 0.25) is 0 Å². The second-order valence-corrected chi connectivity index (χ2v) is 7.53. The maximum Gasteiger partial charge on any atom is 1.00 e. The second-order valence-electron chi connectivity index (χ2n) is 4.04. The summed E-state index contributed by atoms with van der Waals surface area (Å²) in [6.07, 6.45) is 0.678. The Hall–Kier alpha value is -0.710. The van der Waals surface area contributed by atoms with Gasteiger partial charge in [0.15, 0.2) is 0 Å². The number of hydrogen-bond acceptors (Lipinski definition) is 5. The molecule has 0 radical (unpaired) electrons. The van der Waals surface area contributed by atoms with Gasteiger partial charge in [-0.1, -0.05) is 12.6 Å². The van der Waals surface area contributed by atoms with Crippen molar-refractivity contribution in [2.45, 2.75) is 11.8 Å². The molecule has 0 saturated heterocycles. The number of rotatable bonds is 5. The van der Waals surface area contributed by atoms with Crippen LogP contribution in [-0.4, -0.2) is 29.0 Å². The van der Waals surface area contributed by atoms with Crippen LogP contribution in [0, 0.1) is 0 Å². The maximum absolute atomic E-state index is 11.7. The molecule has 1 aromatic carbocycles. The smallest absolute Gasteiger partial charge is 0.432 e. The van der Waals surface area contributed by atoms with Crippen molar-refractivity contribution in [2.24, 2.45) is 0 Å². The van der Waals surface area contributed by atoms with Crippen molar-refractivity contribution in [3.05, 3.63) is 40.5 Å². The monoisotopic (exact) mass is 340 g/mol. The minimum Gasteiger partial charge on any atom is -0.432 e. The largest absolute Gasteiger partial charge is 1.00 e. The molecule has 1 rings (SSSR count). The van der Waals surface area contributed by atoms with Crippen LogP contribution in [0.4, 0.5) is 5.69 Å². The number of hydrogen-bond donors (Lipinski definition) is 1. The summed E-state index contributed by atoms with van der Waals surface area (Å²) in [5.41, 5.74) is 0.446. The molecule has 110 valence electrons. The molecule has 1 amide bonds. The normalized spacial score (nSPS) is 11.3. The van der Waals surface area contributed by atoms with Crippen molar-refractivity contribution in [2.75, 3.05) is 11.6 Å². The molecule has 0 aliphatic carbocycles. The van der Waals surface area contributed by atoms with E-state index in [0.717, 1.165) is 6.07 Å². The van der Waals surface area contributed by atoms with Crippen LogP contribution in [0.1, 0.15) is 6.92 Å². The van der Waals surface area contributed by atoms with E-state index in [9.17, 15) is 21.6 Å². The van der Waals surface area contributed by atoms with E-state index in [1.54, 1.807) is 0 Å². The maximum atomic E-state index is 11.7. The molecule has 0 fully saturated rings. The van der Waals surface area contributed by atoms with Crippen LogP contribution in [0.25, 0.3) is 4.13 Å². The molecule has 0 saturated carbocycles. The minimum atomic E-state index is -4.33. The van der Waals surface area contributed by atoms with E-state index in [0.29, 0.717) is 6.26 Å². The molecule has 0 aliphatic rings. The molecular formula is C11H13N2NaO5S2. The zero-order valence-corrected chi connectivity index (χ0v) is 15.5. The number of benzene rings is 1. The van der Waals surface area contributed by atoms with Crippen molar-refractivity contribution in [3.63, 3.8) is 0 Å². The molecule has 21 heavy (non-hydrogen) atoms. The molecule has 0 aliphatic heterocycles. The molecule has 0 unspecified atom stereocenters. The molecule has 1 N–H and O–H groups in total. The fraction of sp³-hybridized carbons (Fsp3) is 0.182. The van der Waals surface area contributed by atoms with E-state index < -0.39 is 26.0 Å². The number of carbonyl (C=O) groups is 1. The summed E-state index contributed by atoms with van der Waals surface area (Å²) < 4.78 is 48.2. The zero-order chi connectivity index (χ0) is 15.6. The van der Waals surface area contributed by atoms with Crippen molar-refractivity contribution in [1.82, 2.24) is 0 Å². The van der Waals surface area contributed by atoms with Gasteiger partial charge in [0.05, 0.1) is 14.9 Å². The molecule has 0 heterocycles. The summed E-state index contributed by atoms with van der Waals surface area (Å²) in [7, 11) is -8.38. The number of nitrogens with zero attached hydrogens (tertiary/aromatic N) is 1. The van der Waals surface area contributed by atoms with E-state index in [2.05, 4.69) is 16.0 Å². The zero-order valence-electron chi connectivity index (χ0n) is 11.8. The Morgan fingerprint density at radius 2 is 1.81 bits per heavy atom. The Balaban J connectivity index is 0.00000400. The van der Waals surface area contributed by atoms with Gasteiger partial charge in [-0.2, -0.15) is 0 Å². The number of carbonyl (C=O) groups excluding carboxylic acids is 1. The fourth-order valence-electron chi connectivity index (χ4n) is 1.19. The van der Waals surface area contributed by atoms with Crippen LogP contribution >= 0.6 is 0 Å². The summed E-state index contributed by atoms with van der Waals surface area (Å²) >= 11 is 0. The first-order valence-electron chi connectivity index (χ1n) is 5.27. The minimum absolute atomic E-state index is 0. The first-order valence-corrected chi connectivity index (χ1v) is 8.56. The molecule has 0 aromatic heterocycles. The number of amides is 1. The van der Waals surface area contributed by atoms with E-state index in [1.165, 1.54) is 25.1 Å². The van der Waals surface area contributed by atoms with Crippen LogP contribution < -0.4 is 34.9 Å². The first kappa shape index (κ1) is 20.3. The molecule has 0 atom stereocenters. The summed E-state index contributed by atoms with van der Waals surface area (Å²) in [5.74, 6) is -0.473. The third-order valence-electron chi connectivity index (χ3n) is 2.01. The topological polar surface area (TPSA) is 111 Å². The summed E-state index contributed by atoms with van der Waals surface area (Å²) in [4.78, 5) is 11.1. The van der Waals surface area contributed by atoms with Gasteiger partial charge in [0, 0.05) is 17.5 Å². The van der Waals surface area contributed by atoms with Gasteiger partial charge in [-0.3, -0.25) is 4.79 Å². The Labute approximate surface area is 146 Å². The van der Waals surface area contributed by atoms with E-state index in [1.807, 2.05) is 0 Å². The van der Waals surface area contributed by atoms with Crippen LogP contribution in [-0.2, 0) is 24.8 Å². The van der Waals surface area contributed by atoms with Gasteiger partial charge in [-0.05, 0) is 25.1 Å². The average Bonchev–Trinajstić information content (AvgIpc) is 2.26. The van der Waals surface area contributed by atoms with E-state index in [-0.39, 0.29) is 45.7 Å². The third-order valence-corrected chi connectivity index (χ3v) is 4.73. The molecule has 1 aromatic rings. The molecule has 0 spiro atoms. The van der Waals surface area contributed by atoms with Gasteiger partial charge in [0.2, 0.25) is 0 Å². The Morgan fingerprint density at radius 3 is 2.29 bits per heavy atom. The van der Waals surface area contributed by atoms with Crippen molar-refractivity contribution in [1.29, 1.82) is 0 Å². The van der Waals surface area contributed by atoms with E-state index in [4.69, 9.17) is 0 Å². The Kier molecular flexibility index (Phi) is 7.27. The summed E-state index contributed by atoms with van der Waals surface area (Å²) in [6, 6.07) is 5.12. The van der Waals surface area contributed by atoms with Crippen LogP contribution in [0.5, 0.6) is 0 Å². The predicted molar refractivity (Wildman–Crippen MR) is 75.3 cm³/mol. The van der Waals surface area contributed by atoms with Crippen molar-refractivity contribution >= 4 is 31.6 Å². The Morgan fingerprint density at radius 1 is 1.24 bits per heavy atom. The van der Waals surface area contributed by atoms with Gasteiger partial charge in [0.1, 0.15) is 10.0 Å². The molecular weight excluding hydrogens is 327 g/mol. The van der Waals surface area contributed by atoms with Gasteiger partial charge in [0.25, 0.3) is 5.91 Å². The van der Waals surface area contributed by atoms with Gasteiger partial charge in [-0.15, -0.1) is 0 Å². The molecule has 7 nitrogen and oxygen atoms in total. The van der Waals surface area contributed by atoms with E-state index >= 15 is 0 Å². The average molecular weight is 340 g/mol. The van der Waals surface area contributed by atoms with Crippen molar-refractivity contribution in [3.8, 4) is 0 Å². The van der Waals surface area contributed by atoms with Crippen LogP contribution in [0.15, 0.2) is 41.3 Å². The summed E-state index contributed by atoms with van der Waals surface area (Å²) in [6.45, 7) is 4.94. The number of sulfonamides is 2. The standard InChI is InChI=1S/C11H13N2O5S2.Na/c1-8(2)11(14)12-9-5-4-6-10(7-9)20(17,18)13-19(3,15)16;/h4-7H,1H2,2-3H3,(H,12,14);/q-1;+1. The fourth-order valence-corrected chi connectivity index (χ4v) is 3.49. The molecule has 10 heteroatoms. The first-order chi connectivity index (χ1) is 9.01. The molecule has 0 bridgehead atoms. The second kappa shape index (κ2) is 7.52. The summed E-state index contributed by atoms with van der Waals surface area (Å²) in [5, 5.41) is 2.42. The number of nitrogens with one attached hydrogen (secondary N) is 1.